The lowest BCUT2D eigenvalue weighted by atomic mass is 9.96. The van der Waals surface area contributed by atoms with Gasteiger partial charge in [0, 0.05) is 38.0 Å². The van der Waals surface area contributed by atoms with Crippen molar-refractivity contribution in [2.24, 2.45) is 7.05 Å². The van der Waals surface area contributed by atoms with Crippen molar-refractivity contribution in [3.63, 3.8) is 0 Å². The van der Waals surface area contributed by atoms with Gasteiger partial charge in [-0.15, -0.1) is 10.2 Å². The number of likely N-dealkylation sites (tertiary alicyclic amines) is 1. The van der Waals surface area contributed by atoms with E-state index in [1.165, 1.54) is 0 Å². The van der Waals surface area contributed by atoms with Crippen molar-refractivity contribution in [3.8, 4) is 5.75 Å². The Morgan fingerprint density at radius 3 is 3.00 bits per heavy atom. The van der Waals surface area contributed by atoms with E-state index in [-0.39, 0.29) is 11.8 Å². The minimum absolute atomic E-state index is 0.102. The third-order valence-electron chi connectivity index (χ3n) is 5.47. The van der Waals surface area contributed by atoms with Gasteiger partial charge in [0.15, 0.2) is 0 Å². The summed E-state index contributed by atoms with van der Waals surface area (Å²) >= 11 is 0. The molecule has 3 heterocycles. The number of fused-ring (bicyclic) bond motifs is 1. The molecule has 7 nitrogen and oxygen atoms in total. The lowest BCUT2D eigenvalue weighted by Crippen LogP contribution is -2.39. The van der Waals surface area contributed by atoms with Gasteiger partial charge < -0.3 is 19.1 Å². The third kappa shape index (κ3) is 3.56. The highest BCUT2D eigenvalue weighted by molar-refractivity contribution is 5.94. The zero-order chi connectivity index (χ0) is 19.0. The van der Waals surface area contributed by atoms with E-state index in [9.17, 15) is 4.79 Å². The molecule has 0 radical (unpaired) electrons. The molecular weight excluding hydrogens is 342 g/mol. The second-order valence-electron chi connectivity index (χ2n) is 7.78. The smallest absolute Gasteiger partial charge is 0.253 e. The van der Waals surface area contributed by atoms with E-state index in [4.69, 9.17) is 4.74 Å². The largest absolute Gasteiger partial charge is 0.493 e. The first-order valence-electron chi connectivity index (χ1n) is 9.61. The fourth-order valence-corrected chi connectivity index (χ4v) is 4.03. The van der Waals surface area contributed by atoms with Gasteiger partial charge in [-0.25, -0.2) is 0 Å². The standard InChI is InChI=1S/C20H27N5O2/c1-23(2)13-18-21-22-19(24(18)3)16-5-4-9-25(12-16)20(26)15-6-7-17-14(11-15)8-10-27-17/h6-7,11,16H,4-5,8-10,12-13H2,1-3H3/t16-/m0/s1. The number of aromatic nitrogens is 3. The number of ether oxygens (including phenoxy) is 1. The summed E-state index contributed by atoms with van der Waals surface area (Å²) in [5.41, 5.74) is 1.89. The maximum Gasteiger partial charge on any atom is 0.253 e. The molecule has 1 fully saturated rings. The van der Waals surface area contributed by atoms with Crippen LogP contribution >= 0.6 is 0 Å². The van der Waals surface area contributed by atoms with E-state index in [2.05, 4.69) is 19.7 Å². The summed E-state index contributed by atoms with van der Waals surface area (Å²) in [4.78, 5) is 17.1. The van der Waals surface area contributed by atoms with Gasteiger partial charge in [-0.3, -0.25) is 4.79 Å². The molecule has 1 amide bonds. The predicted octanol–water partition coefficient (Wildman–Crippen LogP) is 1.83. The molecule has 1 atom stereocenters. The average Bonchev–Trinajstić information content (AvgIpc) is 3.27. The van der Waals surface area contributed by atoms with E-state index in [1.807, 2.05) is 44.2 Å². The van der Waals surface area contributed by atoms with Crippen LogP contribution in [0.25, 0.3) is 0 Å². The second-order valence-corrected chi connectivity index (χ2v) is 7.78. The number of carbonyl (C=O) groups is 1. The summed E-state index contributed by atoms with van der Waals surface area (Å²) in [5.74, 6) is 3.18. The molecule has 144 valence electrons. The molecule has 0 saturated carbocycles. The van der Waals surface area contributed by atoms with Gasteiger partial charge in [0.05, 0.1) is 13.2 Å². The number of nitrogens with zero attached hydrogens (tertiary/aromatic N) is 5. The van der Waals surface area contributed by atoms with Gasteiger partial charge >= 0.3 is 0 Å². The van der Waals surface area contributed by atoms with Gasteiger partial charge in [-0.1, -0.05) is 0 Å². The molecule has 7 heteroatoms. The average molecular weight is 369 g/mol. The van der Waals surface area contributed by atoms with Crippen LogP contribution in [-0.2, 0) is 20.0 Å². The van der Waals surface area contributed by atoms with Gasteiger partial charge in [-0.2, -0.15) is 0 Å². The van der Waals surface area contributed by atoms with Gasteiger partial charge in [-0.05, 0) is 50.7 Å². The predicted molar refractivity (Wildman–Crippen MR) is 102 cm³/mol. The minimum Gasteiger partial charge on any atom is -0.493 e. The van der Waals surface area contributed by atoms with Crippen molar-refractivity contribution < 1.29 is 9.53 Å². The van der Waals surface area contributed by atoms with Crippen LogP contribution in [0.15, 0.2) is 18.2 Å². The molecular formula is C20H27N5O2. The fourth-order valence-electron chi connectivity index (χ4n) is 4.03. The van der Waals surface area contributed by atoms with Crippen molar-refractivity contribution in [2.45, 2.75) is 31.7 Å². The van der Waals surface area contributed by atoms with Crippen molar-refractivity contribution in [1.82, 2.24) is 24.6 Å². The molecule has 0 spiro atoms. The summed E-state index contributed by atoms with van der Waals surface area (Å²) in [7, 11) is 6.07. The molecule has 27 heavy (non-hydrogen) atoms. The lowest BCUT2D eigenvalue weighted by molar-refractivity contribution is 0.0703. The second kappa shape index (κ2) is 7.31. The number of piperidine rings is 1. The van der Waals surface area contributed by atoms with Crippen molar-refractivity contribution in [1.29, 1.82) is 0 Å². The Morgan fingerprint density at radius 2 is 2.19 bits per heavy atom. The maximum atomic E-state index is 13.0. The van der Waals surface area contributed by atoms with Crippen LogP contribution in [-0.4, -0.2) is 64.3 Å². The Balaban J connectivity index is 1.50. The molecule has 2 aliphatic rings. The lowest BCUT2D eigenvalue weighted by Gasteiger charge is -2.32. The molecule has 0 N–H and O–H groups in total. The maximum absolute atomic E-state index is 13.0. The van der Waals surface area contributed by atoms with Crippen molar-refractivity contribution in [2.75, 3.05) is 33.8 Å². The zero-order valence-electron chi connectivity index (χ0n) is 16.3. The van der Waals surface area contributed by atoms with E-state index in [0.717, 1.165) is 60.9 Å². The highest BCUT2D eigenvalue weighted by Crippen LogP contribution is 2.29. The van der Waals surface area contributed by atoms with Crippen molar-refractivity contribution in [3.05, 3.63) is 41.0 Å². The highest BCUT2D eigenvalue weighted by Gasteiger charge is 2.29. The molecule has 1 saturated heterocycles. The zero-order valence-corrected chi connectivity index (χ0v) is 16.3. The molecule has 1 aromatic carbocycles. The molecule has 1 aromatic heterocycles. The van der Waals surface area contributed by atoms with Gasteiger partial charge in [0.25, 0.3) is 5.91 Å². The summed E-state index contributed by atoms with van der Waals surface area (Å²) in [6, 6.07) is 5.80. The van der Waals surface area contributed by atoms with Crippen LogP contribution in [0.4, 0.5) is 0 Å². The summed E-state index contributed by atoms with van der Waals surface area (Å²) in [6.45, 7) is 2.96. The first kappa shape index (κ1) is 18.0. The Kier molecular flexibility index (Phi) is 4.86. The molecule has 0 unspecified atom stereocenters. The SMILES string of the molecule is CN(C)Cc1nnc([C@H]2CCCN(C(=O)c3ccc4c(c3)CCO4)C2)n1C. The van der Waals surface area contributed by atoms with Crippen LogP contribution in [0.2, 0.25) is 0 Å². The molecule has 0 bridgehead atoms. The van der Waals surface area contributed by atoms with Crippen molar-refractivity contribution >= 4 is 5.91 Å². The van der Waals surface area contributed by atoms with E-state index in [1.54, 1.807) is 0 Å². The summed E-state index contributed by atoms with van der Waals surface area (Å²) < 4.78 is 7.64. The Morgan fingerprint density at radius 1 is 1.33 bits per heavy atom. The van der Waals surface area contributed by atoms with E-state index in [0.29, 0.717) is 13.2 Å². The van der Waals surface area contributed by atoms with E-state index < -0.39 is 0 Å². The van der Waals surface area contributed by atoms with Gasteiger partial charge in [0.2, 0.25) is 0 Å². The van der Waals surface area contributed by atoms with Crippen LogP contribution in [0.3, 0.4) is 0 Å². The first-order chi connectivity index (χ1) is 13.0. The third-order valence-corrected chi connectivity index (χ3v) is 5.47. The number of hydrogen-bond donors (Lipinski definition) is 0. The number of rotatable bonds is 4. The summed E-state index contributed by atoms with van der Waals surface area (Å²) in [6.07, 6.45) is 2.91. The van der Waals surface area contributed by atoms with Crippen LogP contribution in [0.5, 0.6) is 5.75 Å². The topological polar surface area (TPSA) is 63.5 Å². The normalized spacial score (nSPS) is 19.3. The first-order valence-corrected chi connectivity index (χ1v) is 9.61. The molecule has 0 aliphatic carbocycles. The molecule has 2 aliphatic heterocycles. The number of amides is 1. The number of benzene rings is 1. The number of hydrogen-bond acceptors (Lipinski definition) is 5. The van der Waals surface area contributed by atoms with Gasteiger partial charge in [0.1, 0.15) is 17.4 Å². The minimum atomic E-state index is 0.102. The van der Waals surface area contributed by atoms with Crippen LogP contribution in [0.1, 0.15) is 46.3 Å². The Labute approximate surface area is 159 Å². The summed E-state index contributed by atoms with van der Waals surface area (Å²) in [5, 5.41) is 8.79. The molecule has 4 rings (SSSR count). The highest BCUT2D eigenvalue weighted by atomic mass is 16.5. The molecule has 2 aromatic rings. The monoisotopic (exact) mass is 369 g/mol. The Bertz CT molecular complexity index is 845. The Hall–Kier alpha value is -2.41. The van der Waals surface area contributed by atoms with E-state index >= 15 is 0 Å². The van der Waals surface area contributed by atoms with Crippen LogP contribution < -0.4 is 4.74 Å². The number of carbonyl (C=O) groups excluding carboxylic acids is 1. The van der Waals surface area contributed by atoms with Crippen LogP contribution in [0, 0.1) is 0 Å². The quantitative estimate of drug-likeness (QED) is 0.823. The fraction of sp³-hybridized carbons (Fsp3) is 0.550.